The molecule has 3 aromatic rings. The molecule has 6 nitrogen and oxygen atoms in total. The number of nitrogens with zero attached hydrogens (tertiary/aromatic N) is 2. The average molecular weight is 391 g/mol. The van der Waals surface area contributed by atoms with Crippen LogP contribution in [0.25, 0.3) is 5.69 Å². The Bertz CT molecular complexity index is 1200. The quantitative estimate of drug-likeness (QED) is 0.696. The fourth-order valence-electron chi connectivity index (χ4n) is 3.60. The Morgan fingerprint density at radius 3 is 2.45 bits per heavy atom. The van der Waals surface area contributed by atoms with Crippen molar-refractivity contribution in [2.75, 3.05) is 17.2 Å². The topological polar surface area (TPSA) is 85.4 Å². The van der Waals surface area contributed by atoms with E-state index in [2.05, 4.69) is 0 Å². The molecule has 0 bridgehead atoms. The number of rotatable bonds is 3. The first-order chi connectivity index (χ1) is 13.9. The summed E-state index contributed by atoms with van der Waals surface area (Å²) in [5.74, 6) is -0.962. The number of pyridine rings is 1. The minimum absolute atomic E-state index is 0.0147. The van der Waals surface area contributed by atoms with Gasteiger partial charge in [-0.3, -0.25) is 19.0 Å². The normalized spacial score (nSPS) is 12.7. The number of carbonyl (C=O) groups is 2. The van der Waals surface area contributed by atoms with Gasteiger partial charge >= 0.3 is 0 Å². The summed E-state index contributed by atoms with van der Waals surface area (Å²) in [4.78, 5) is 38.9. The summed E-state index contributed by atoms with van der Waals surface area (Å²) < 4.78 is 14.4. The summed E-state index contributed by atoms with van der Waals surface area (Å²) in [6.07, 6.45) is 0.739. The van der Waals surface area contributed by atoms with Crippen LogP contribution in [0, 0.1) is 5.82 Å². The number of fused-ring (bicyclic) bond motifs is 1. The molecule has 146 valence electrons. The Labute approximate surface area is 166 Å². The van der Waals surface area contributed by atoms with Gasteiger partial charge in [0.1, 0.15) is 11.6 Å². The van der Waals surface area contributed by atoms with Crippen LogP contribution in [0.5, 0.6) is 0 Å². The lowest BCUT2D eigenvalue weighted by molar-refractivity contribution is -0.116. The molecular weight excluding hydrogens is 373 g/mol. The first kappa shape index (κ1) is 18.6. The van der Waals surface area contributed by atoms with Crippen molar-refractivity contribution in [3.63, 3.8) is 0 Å². The second-order valence-electron chi connectivity index (χ2n) is 6.88. The summed E-state index contributed by atoms with van der Waals surface area (Å²) in [7, 11) is 0. The van der Waals surface area contributed by atoms with Gasteiger partial charge in [-0.2, -0.15) is 0 Å². The number of ketones is 1. The monoisotopic (exact) mass is 391 g/mol. The Kier molecular flexibility index (Phi) is 4.50. The van der Waals surface area contributed by atoms with E-state index < -0.39 is 17.2 Å². The molecule has 2 heterocycles. The van der Waals surface area contributed by atoms with E-state index in [-0.39, 0.29) is 22.9 Å². The third kappa shape index (κ3) is 3.20. The second-order valence-corrected chi connectivity index (χ2v) is 6.88. The number of hydrogen-bond acceptors (Lipinski definition) is 4. The molecular formula is C22H18FN3O3. The lowest BCUT2D eigenvalue weighted by atomic mass is 10.0. The number of hydrogen-bond donors (Lipinski definition) is 1. The van der Waals surface area contributed by atoms with Gasteiger partial charge in [-0.25, -0.2) is 4.39 Å². The minimum Gasteiger partial charge on any atom is -0.384 e. The molecule has 0 unspecified atom stereocenters. The van der Waals surface area contributed by atoms with Crippen molar-refractivity contribution in [2.24, 2.45) is 0 Å². The lowest BCUT2D eigenvalue weighted by Crippen LogP contribution is -2.26. The molecule has 2 aromatic carbocycles. The Morgan fingerprint density at radius 1 is 1.03 bits per heavy atom. The number of aromatic nitrogens is 1. The molecule has 2 N–H and O–H groups in total. The zero-order chi connectivity index (χ0) is 20.7. The highest BCUT2D eigenvalue weighted by Crippen LogP contribution is 2.31. The molecule has 0 fully saturated rings. The molecule has 29 heavy (non-hydrogen) atoms. The number of amides is 1. The first-order valence-corrected chi connectivity index (χ1v) is 9.10. The van der Waals surface area contributed by atoms with Crippen LogP contribution in [0.2, 0.25) is 0 Å². The molecule has 0 atom stereocenters. The van der Waals surface area contributed by atoms with Gasteiger partial charge in [-0.05, 0) is 54.4 Å². The third-order valence-electron chi connectivity index (χ3n) is 5.08. The van der Waals surface area contributed by atoms with E-state index in [1.807, 2.05) is 6.07 Å². The molecule has 1 aliphatic heterocycles. The van der Waals surface area contributed by atoms with E-state index in [4.69, 9.17) is 5.73 Å². The van der Waals surface area contributed by atoms with Gasteiger partial charge in [0, 0.05) is 30.8 Å². The molecule has 7 heteroatoms. The molecule has 1 amide bonds. The maximum absolute atomic E-state index is 13.2. The largest absolute Gasteiger partial charge is 0.384 e. The molecule has 4 rings (SSSR count). The van der Waals surface area contributed by atoms with Gasteiger partial charge in [0.05, 0.1) is 11.3 Å². The van der Waals surface area contributed by atoms with Crippen LogP contribution in [-0.4, -0.2) is 22.8 Å². The van der Waals surface area contributed by atoms with E-state index in [0.717, 1.165) is 17.7 Å². The molecule has 0 saturated heterocycles. The number of nitrogen functional groups attached to an aromatic ring is 1. The maximum Gasteiger partial charge on any atom is 0.256 e. The Balaban J connectivity index is 1.82. The van der Waals surface area contributed by atoms with Crippen molar-refractivity contribution in [1.82, 2.24) is 4.57 Å². The highest BCUT2D eigenvalue weighted by atomic mass is 19.1. The van der Waals surface area contributed by atoms with Crippen LogP contribution in [0.3, 0.4) is 0 Å². The van der Waals surface area contributed by atoms with Crippen molar-refractivity contribution < 1.29 is 14.0 Å². The highest BCUT2D eigenvalue weighted by Gasteiger charge is 2.24. The number of anilines is 2. The van der Waals surface area contributed by atoms with Gasteiger partial charge in [0.15, 0.2) is 5.78 Å². The van der Waals surface area contributed by atoms with Crippen molar-refractivity contribution in [1.29, 1.82) is 0 Å². The second kappa shape index (κ2) is 7.01. The van der Waals surface area contributed by atoms with E-state index in [1.165, 1.54) is 47.9 Å². The zero-order valence-corrected chi connectivity index (χ0v) is 15.7. The Hall–Kier alpha value is -3.74. The number of carbonyl (C=O) groups excluding carboxylic acids is 2. The first-order valence-electron chi connectivity index (χ1n) is 9.10. The highest BCUT2D eigenvalue weighted by molar-refractivity contribution is 6.11. The molecule has 0 radical (unpaired) electrons. The fraction of sp³-hybridized carbons (Fsp3) is 0.136. The summed E-state index contributed by atoms with van der Waals surface area (Å²) in [6, 6.07) is 13.1. The summed E-state index contributed by atoms with van der Waals surface area (Å²) >= 11 is 0. The summed E-state index contributed by atoms with van der Waals surface area (Å²) in [6.45, 7) is 2.08. The van der Waals surface area contributed by atoms with E-state index >= 15 is 0 Å². The van der Waals surface area contributed by atoms with Gasteiger partial charge in [0.2, 0.25) is 5.91 Å². The van der Waals surface area contributed by atoms with Gasteiger partial charge in [-0.15, -0.1) is 0 Å². The van der Waals surface area contributed by atoms with Crippen LogP contribution in [0.15, 0.2) is 59.4 Å². The number of nitrogens with two attached hydrogens (primary N) is 1. The standard InChI is InChI=1S/C22H18FN3O3/c1-13(27)25-11-10-14-4-7-17(12-19(14)25)26-20(28)9-8-18(22(26)24)21(29)15-2-5-16(23)6-3-15/h2-9,12H,10-11,24H2,1H3. The number of benzene rings is 2. The van der Waals surface area contributed by atoms with Gasteiger partial charge in [0.25, 0.3) is 5.56 Å². The van der Waals surface area contributed by atoms with Crippen LogP contribution < -0.4 is 16.2 Å². The van der Waals surface area contributed by atoms with E-state index in [9.17, 15) is 18.8 Å². The van der Waals surface area contributed by atoms with Crippen molar-refractivity contribution in [3.8, 4) is 5.69 Å². The predicted octanol–water partition coefficient (Wildman–Crippen LogP) is 2.70. The maximum atomic E-state index is 13.2. The summed E-state index contributed by atoms with van der Waals surface area (Å²) in [5, 5.41) is 0. The summed E-state index contributed by atoms with van der Waals surface area (Å²) in [5.41, 5.74) is 8.42. The van der Waals surface area contributed by atoms with Crippen LogP contribution in [0.4, 0.5) is 15.9 Å². The third-order valence-corrected chi connectivity index (χ3v) is 5.08. The van der Waals surface area contributed by atoms with Crippen LogP contribution in [-0.2, 0) is 11.2 Å². The van der Waals surface area contributed by atoms with Gasteiger partial charge < -0.3 is 10.6 Å². The molecule has 1 aliphatic rings. The van der Waals surface area contributed by atoms with Crippen LogP contribution in [0.1, 0.15) is 28.4 Å². The van der Waals surface area contributed by atoms with Crippen LogP contribution >= 0.6 is 0 Å². The Morgan fingerprint density at radius 2 is 1.76 bits per heavy atom. The average Bonchev–Trinajstić information content (AvgIpc) is 3.12. The fourth-order valence-corrected chi connectivity index (χ4v) is 3.60. The SMILES string of the molecule is CC(=O)N1CCc2ccc(-n3c(N)c(C(=O)c4ccc(F)cc4)ccc3=O)cc21. The van der Waals surface area contributed by atoms with E-state index in [0.29, 0.717) is 12.2 Å². The molecule has 0 aliphatic carbocycles. The lowest BCUT2D eigenvalue weighted by Gasteiger charge is -2.17. The number of halogens is 1. The molecule has 0 saturated carbocycles. The van der Waals surface area contributed by atoms with Crippen molar-refractivity contribution in [3.05, 3.63) is 87.5 Å². The van der Waals surface area contributed by atoms with E-state index in [1.54, 1.807) is 17.0 Å². The van der Waals surface area contributed by atoms with Crippen molar-refractivity contribution >= 4 is 23.2 Å². The smallest absolute Gasteiger partial charge is 0.256 e. The predicted molar refractivity (Wildman–Crippen MR) is 108 cm³/mol. The van der Waals surface area contributed by atoms with Gasteiger partial charge in [-0.1, -0.05) is 6.07 Å². The zero-order valence-electron chi connectivity index (χ0n) is 15.7. The van der Waals surface area contributed by atoms with Crippen molar-refractivity contribution in [2.45, 2.75) is 13.3 Å². The minimum atomic E-state index is -0.451. The molecule has 0 spiro atoms. The molecule has 1 aromatic heterocycles.